The Balaban J connectivity index is 0.00000162. The van der Waals surface area contributed by atoms with Crippen molar-refractivity contribution in [2.24, 2.45) is 0 Å². The van der Waals surface area contributed by atoms with Crippen molar-refractivity contribution in [2.45, 2.75) is 6.92 Å². The maximum atomic E-state index is 10.2. The molecular weight excluding hydrogens is 242 g/mol. The molecule has 0 aliphatic rings. The lowest BCUT2D eigenvalue weighted by Crippen LogP contribution is -2.10. The number of benzene rings is 2. The van der Waals surface area contributed by atoms with E-state index in [1.54, 1.807) is 0 Å². The van der Waals surface area contributed by atoms with Gasteiger partial charge in [-0.15, -0.1) is 0 Å². The molecule has 4 heteroatoms. The fourth-order valence-corrected chi connectivity index (χ4v) is 2.75. The molecule has 0 aliphatic heterocycles. The van der Waals surface area contributed by atoms with E-state index in [-0.39, 0.29) is 8.41 Å². The van der Waals surface area contributed by atoms with Crippen LogP contribution in [0.2, 0.25) is 0 Å². The van der Waals surface area contributed by atoms with Crippen LogP contribution in [0.4, 0.5) is 0 Å². The molecule has 1 N–H and O–H groups in total. The molecule has 91 valence electrons. The summed E-state index contributed by atoms with van der Waals surface area (Å²) in [5, 5.41) is 1.90. The Kier molecular flexibility index (Phi) is 5.90. The second-order valence-electron chi connectivity index (χ2n) is 3.57. The van der Waals surface area contributed by atoms with Crippen LogP contribution in [0.1, 0.15) is 6.92 Å². The molecular formula is C14H15BO2P. The molecule has 2 aromatic carbocycles. The highest BCUT2D eigenvalue weighted by molar-refractivity contribution is 7.67. The Labute approximate surface area is 111 Å². The second kappa shape index (κ2) is 7.20. The quantitative estimate of drug-likeness (QED) is 0.670. The predicted molar refractivity (Wildman–Crippen MR) is 78.2 cm³/mol. The molecule has 0 fully saturated rings. The summed E-state index contributed by atoms with van der Waals surface area (Å²) in [4.78, 5) is 10.2. The highest BCUT2D eigenvalue weighted by Crippen LogP contribution is 2.28. The summed E-state index contributed by atoms with van der Waals surface area (Å²) in [7, 11) is -1.25. The molecule has 0 saturated carbocycles. The molecule has 0 aliphatic carbocycles. The molecule has 0 saturated heterocycles. The van der Waals surface area contributed by atoms with Crippen LogP contribution in [0.15, 0.2) is 54.6 Å². The van der Waals surface area contributed by atoms with Crippen molar-refractivity contribution in [3.63, 3.8) is 0 Å². The Morgan fingerprint density at radius 1 is 0.944 bits per heavy atom. The van der Waals surface area contributed by atoms with Crippen molar-refractivity contribution in [3.05, 3.63) is 54.6 Å². The first kappa shape index (κ1) is 14.8. The van der Waals surface area contributed by atoms with Crippen molar-refractivity contribution in [3.8, 4) is 5.75 Å². The fourth-order valence-electron chi connectivity index (χ4n) is 1.57. The summed E-state index contributed by atoms with van der Waals surface area (Å²) in [5.74, 6) is 0.840. The van der Waals surface area contributed by atoms with E-state index in [4.69, 9.17) is 4.74 Å². The van der Waals surface area contributed by atoms with Gasteiger partial charge < -0.3 is 9.63 Å². The molecule has 0 aromatic heterocycles. The van der Waals surface area contributed by atoms with Crippen LogP contribution >= 0.6 is 8.15 Å². The topological polar surface area (TPSA) is 29.5 Å². The average molecular weight is 257 g/mol. The third-order valence-electron chi connectivity index (χ3n) is 2.39. The van der Waals surface area contributed by atoms with Gasteiger partial charge in [0.15, 0.2) is 0 Å². The van der Waals surface area contributed by atoms with Gasteiger partial charge in [0.2, 0.25) is 0 Å². The molecule has 0 spiro atoms. The molecule has 3 radical (unpaired) electrons. The third kappa shape index (κ3) is 3.59. The summed E-state index contributed by atoms with van der Waals surface area (Å²) in [6.07, 6.45) is 0. The molecule has 0 amide bonds. The lowest BCUT2D eigenvalue weighted by molar-refractivity contribution is 0.340. The average Bonchev–Trinajstić information content (AvgIpc) is 2.40. The van der Waals surface area contributed by atoms with Crippen LogP contribution < -0.4 is 15.3 Å². The first-order chi connectivity index (χ1) is 8.31. The van der Waals surface area contributed by atoms with Crippen LogP contribution in [-0.2, 0) is 0 Å². The Morgan fingerprint density at radius 3 is 2.06 bits per heavy atom. The Hall–Kier alpha value is -1.31. The van der Waals surface area contributed by atoms with Gasteiger partial charge in [-0.25, -0.2) is 0 Å². The molecule has 2 aromatic rings. The minimum atomic E-state index is -1.25. The normalized spacial score (nSPS) is 11.4. The SMILES string of the molecule is CCOc1ccc(P(O)c2ccccc2)cc1.[B]. The van der Waals surface area contributed by atoms with E-state index in [1.807, 2.05) is 61.5 Å². The van der Waals surface area contributed by atoms with Crippen molar-refractivity contribution in [1.82, 2.24) is 0 Å². The van der Waals surface area contributed by atoms with Crippen LogP contribution in [0.5, 0.6) is 5.75 Å². The lowest BCUT2D eigenvalue weighted by atomic mass is 10.3. The van der Waals surface area contributed by atoms with Crippen molar-refractivity contribution in [2.75, 3.05) is 6.61 Å². The van der Waals surface area contributed by atoms with Crippen molar-refractivity contribution < 1.29 is 9.63 Å². The largest absolute Gasteiger partial charge is 0.494 e. The maximum absolute atomic E-state index is 10.2. The van der Waals surface area contributed by atoms with Crippen LogP contribution in [0.3, 0.4) is 0 Å². The zero-order valence-corrected chi connectivity index (χ0v) is 11.2. The maximum Gasteiger partial charge on any atom is 0.119 e. The molecule has 2 nitrogen and oxygen atoms in total. The number of hydrogen-bond acceptors (Lipinski definition) is 2. The van der Waals surface area contributed by atoms with E-state index in [0.717, 1.165) is 16.4 Å². The van der Waals surface area contributed by atoms with Crippen LogP contribution in [-0.4, -0.2) is 19.9 Å². The summed E-state index contributed by atoms with van der Waals surface area (Å²) in [6, 6.07) is 17.4. The van der Waals surface area contributed by atoms with Gasteiger partial charge in [-0.3, -0.25) is 0 Å². The van der Waals surface area contributed by atoms with Crippen LogP contribution in [0, 0.1) is 0 Å². The van der Waals surface area contributed by atoms with Gasteiger partial charge in [-0.05, 0) is 31.2 Å². The molecule has 0 bridgehead atoms. The van der Waals surface area contributed by atoms with Gasteiger partial charge in [0.1, 0.15) is 5.75 Å². The zero-order valence-electron chi connectivity index (χ0n) is 10.3. The predicted octanol–water partition coefficient (Wildman–Crippen LogP) is 2.04. The standard InChI is InChI=1S/C14H15O2P.B/c1-2-16-12-8-10-14(11-9-12)17(15)13-6-4-3-5-7-13;/h3-11,15H,2H2,1H3;. The van der Waals surface area contributed by atoms with Gasteiger partial charge in [-0.1, -0.05) is 30.3 Å². The van der Waals surface area contributed by atoms with E-state index in [1.165, 1.54) is 0 Å². The van der Waals surface area contributed by atoms with Gasteiger partial charge in [0.25, 0.3) is 0 Å². The molecule has 1 atom stereocenters. The minimum Gasteiger partial charge on any atom is -0.494 e. The van der Waals surface area contributed by atoms with Gasteiger partial charge in [0, 0.05) is 19.0 Å². The minimum absolute atomic E-state index is 0. The molecule has 0 heterocycles. The third-order valence-corrected chi connectivity index (χ3v) is 3.97. The molecule has 2 rings (SSSR count). The highest BCUT2D eigenvalue weighted by atomic mass is 31.1. The lowest BCUT2D eigenvalue weighted by Gasteiger charge is -2.11. The second-order valence-corrected chi connectivity index (χ2v) is 5.23. The summed E-state index contributed by atoms with van der Waals surface area (Å²) in [6.45, 7) is 2.61. The van der Waals surface area contributed by atoms with E-state index in [9.17, 15) is 4.89 Å². The molecule has 1 unspecified atom stereocenters. The van der Waals surface area contributed by atoms with E-state index >= 15 is 0 Å². The zero-order chi connectivity index (χ0) is 12.1. The van der Waals surface area contributed by atoms with E-state index in [0.29, 0.717) is 6.61 Å². The monoisotopic (exact) mass is 257 g/mol. The van der Waals surface area contributed by atoms with Gasteiger partial charge >= 0.3 is 0 Å². The summed E-state index contributed by atoms with van der Waals surface area (Å²) < 4.78 is 5.37. The smallest absolute Gasteiger partial charge is 0.119 e. The van der Waals surface area contributed by atoms with Crippen molar-refractivity contribution in [1.29, 1.82) is 0 Å². The van der Waals surface area contributed by atoms with E-state index in [2.05, 4.69) is 0 Å². The van der Waals surface area contributed by atoms with Gasteiger partial charge in [0.05, 0.1) is 14.8 Å². The number of rotatable bonds is 4. The summed E-state index contributed by atoms with van der Waals surface area (Å²) in [5.41, 5.74) is 0. The first-order valence-electron chi connectivity index (χ1n) is 5.58. The number of hydrogen-bond donors (Lipinski definition) is 1. The first-order valence-corrected chi connectivity index (χ1v) is 6.87. The highest BCUT2D eigenvalue weighted by Gasteiger charge is 2.09. The van der Waals surface area contributed by atoms with Gasteiger partial charge in [-0.2, -0.15) is 0 Å². The Bertz CT molecular complexity index is 459. The van der Waals surface area contributed by atoms with E-state index < -0.39 is 8.15 Å². The van der Waals surface area contributed by atoms with Crippen LogP contribution in [0.25, 0.3) is 0 Å². The Morgan fingerprint density at radius 2 is 1.50 bits per heavy atom. The van der Waals surface area contributed by atoms with Crippen molar-refractivity contribution >= 4 is 27.2 Å². The summed E-state index contributed by atoms with van der Waals surface area (Å²) >= 11 is 0. The fraction of sp³-hybridized carbons (Fsp3) is 0.143. The molecule has 18 heavy (non-hydrogen) atoms. The number of ether oxygens (including phenoxy) is 1.